The molecule has 3 N–H and O–H groups in total. The van der Waals surface area contributed by atoms with Gasteiger partial charge in [-0.3, -0.25) is 19.3 Å². The van der Waals surface area contributed by atoms with E-state index in [-0.39, 0.29) is 12.5 Å². The number of nitrogens with one attached hydrogen (secondary N) is 3. The SMILES string of the molecule is CCCNC(=O)CNC(=O)CN1C(=O)N[C@](C)(CCc2ccc(OC)cc2)C1=O. The van der Waals surface area contributed by atoms with E-state index in [0.717, 1.165) is 22.6 Å². The number of urea groups is 1. The number of nitrogens with zero attached hydrogens (tertiary/aromatic N) is 1. The maximum Gasteiger partial charge on any atom is 0.325 e. The van der Waals surface area contributed by atoms with Crippen LogP contribution in [0.1, 0.15) is 32.3 Å². The highest BCUT2D eigenvalue weighted by molar-refractivity contribution is 6.08. The van der Waals surface area contributed by atoms with Crippen molar-refractivity contribution < 1.29 is 23.9 Å². The summed E-state index contributed by atoms with van der Waals surface area (Å²) in [6, 6.07) is 6.86. The fourth-order valence-electron chi connectivity index (χ4n) is 2.95. The molecule has 9 heteroatoms. The number of benzene rings is 1. The molecule has 29 heavy (non-hydrogen) atoms. The van der Waals surface area contributed by atoms with Crippen LogP contribution in [0.15, 0.2) is 24.3 Å². The fourth-order valence-corrected chi connectivity index (χ4v) is 2.95. The lowest BCUT2D eigenvalue weighted by atomic mass is 9.93. The van der Waals surface area contributed by atoms with Crippen molar-refractivity contribution in [1.82, 2.24) is 20.9 Å². The molecule has 1 heterocycles. The maximum atomic E-state index is 12.7. The monoisotopic (exact) mass is 404 g/mol. The minimum Gasteiger partial charge on any atom is -0.497 e. The first kappa shape index (κ1) is 22.2. The summed E-state index contributed by atoms with van der Waals surface area (Å²) in [4.78, 5) is 49.4. The molecule has 0 aliphatic carbocycles. The molecular weight excluding hydrogens is 376 g/mol. The lowest BCUT2D eigenvalue weighted by molar-refractivity contribution is -0.135. The highest BCUT2D eigenvalue weighted by Gasteiger charge is 2.47. The third-order valence-corrected chi connectivity index (χ3v) is 4.74. The lowest BCUT2D eigenvalue weighted by Crippen LogP contribution is -2.46. The van der Waals surface area contributed by atoms with Crippen LogP contribution in [0, 0.1) is 0 Å². The van der Waals surface area contributed by atoms with Crippen LogP contribution in [0.5, 0.6) is 5.75 Å². The van der Waals surface area contributed by atoms with E-state index in [0.29, 0.717) is 19.4 Å². The van der Waals surface area contributed by atoms with E-state index in [1.807, 2.05) is 31.2 Å². The van der Waals surface area contributed by atoms with Gasteiger partial charge < -0.3 is 20.7 Å². The predicted molar refractivity (Wildman–Crippen MR) is 106 cm³/mol. The molecule has 0 unspecified atom stereocenters. The van der Waals surface area contributed by atoms with Gasteiger partial charge in [-0.1, -0.05) is 19.1 Å². The van der Waals surface area contributed by atoms with Crippen LogP contribution in [-0.2, 0) is 20.8 Å². The molecule has 0 bridgehead atoms. The summed E-state index contributed by atoms with van der Waals surface area (Å²) < 4.78 is 5.12. The first-order valence-electron chi connectivity index (χ1n) is 9.59. The Bertz CT molecular complexity index is 765. The minimum absolute atomic E-state index is 0.197. The number of hydrogen-bond donors (Lipinski definition) is 3. The molecule has 2 rings (SSSR count). The van der Waals surface area contributed by atoms with Gasteiger partial charge in [-0.2, -0.15) is 0 Å². The Morgan fingerprint density at radius 2 is 1.83 bits per heavy atom. The summed E-state index contributed by atoms with van der Waals surface area (Å²) in [6.07, 6.45) is 1.75. The number of ether oxygens (including phenoxy) is 1. The van der Waals surface area contributed by atoms with Crippen LogP contribution in [0.4, 0.5) is 4.79 Å². The van der Waals surface area contributed by atoms with Gasteiger partial charge in [0.2, 0.25) is 11.8 Å². The molecule has 1 aliphatic heterocycles. The van der Waals surface area contributed by atoms with Crippen molar-refractivity contribution in [3.8, 4) is 5.75 Å². The van der Waals surface area contributed by atoms with Crippen LogP contribution >= 0.6 is 0 Å². The number of rotatable bonds is 10. The average molecular weight is 404 g/mol. The molecule has 1 atom stereocenters. The smallest absolute Gasteiger partial charge is 0.325 e. The van der Waals surface area contributed by atoms with E-state index in [4.69, 9.17) is 4.74 Å². The number of imide groups is 1. The van der Waals surface area contributed by atoms with Gasteiger partial charge in [-0.05, 0) is 43.9 Å². The number of hydrogen-bond acceptors (Lipinski definition) is 5. The second-order valence-corrected chi connectivity index (χ2v) is 7.13. The molecule has 0 radical (unpaired) electrons. The van der Waals surface area contributed by atoms with E-state index in [1.54, 1.807) is 14.0 Å². The summed E-state index contributed by atoms with van der Waals surface area (Å²) in [7, 11) is 1.59. The topological polar surface area (TPSA) is 117 Å². The van der Waals surface area contributed by atoms with Crippen molar-refractivity contribution in [3.05, 3.63) is 29.8 Å². The number of amides is 5. The number of carbonyl (C=O) groups is 4. The normalized spacial score (nSPS) is 18.4. The number of methoxy groups -OCH3 is 1. The van der Waals surface area contributed by atoms with Gasteiger partial charge in [-0.25, -0.2) is 4.79 Å². The van der Waals surface area contributed by atoms with Gasteiger partial charge in [0, 0.05) is 6.54 Å². The van der Waals surface area contributed by atoms with E-state index < -0.39 is 29.9 Å². The Hall–Kier alpha value is -3.10. The zero-order chi connectivity index (χ0) is 21.4. The first-order chi connectivity index (χ1) is 13.8. The van der Waals surface area contributed by atoms with E-state index >= 15 is 0 Å². The van der Waals surface area contributed by atoms with Crippen molar-refractivity contribution in [2.45, 2.75) is 38.6 Å². The van der Waals surface area contributed by atoms with Crippen molar-refractivity contribution in [2.75, 3.05) is 26.7 Å². The Labute approximate surface area is 170 Å². The third-order valence-electron chi connectivity index (χ3n) is 4.74. The molecule has 9 nitrogen and oxygen atoms in total. The molecule has 1 fully saturated rings. The first-order valence-corrected chi connectivity index (χ1v) is 9.59. The number of aryl methyl sites for hydroxylation is 1. The zero-order valence-corrected chi connectivity index (χ0v) is 17.0. The van der Waals surface area contributed by atoms with E-state index in [2.05, 4.69) is 16.0 Å². The van der Waals surface area contributed by atoms with Gasteiger partial charge in [0.1, 0.15) is 17.8 Å². The van der Waals surface area contributed by atoms with Crippen molar-refractivity contribution in [3.63, 3.8) is 0 Å². The van der Waals surface area contributed by atoms with Crippen LogP contribution in [0.3, 0.4) is 0 Å². The van der Waals surface area contributed by atoms with Crippen molar-refractivity contribution in [1.29, 1.82) is 0 Å². The Morgan fingerprint density at radius 3 is 2.45 bits per heavy atom. The van der Waals surface area contributed by atoms with Gasteiger partial charge in [0.25, 0.3) is 5.91 Å². The highest BCUT2D eigenvalue weighted by Crippen LogP contribution is 2.23. The standard InChI is InChI=1S/C20H28N4O5/c1-4-11-21-16(25)12-22-17(26)13-24-18(27)20(2,23-19(24)28)10-9-14-5-7-15(29-3)8-6-14/h5-8H,4,9-13H2,1-3H3,(H,21,25)(H,22,26)(H,23,28)/t20-/m1/s1. The summed E-state index contributed by atoms with van der Waals surface area (Å²) >= 11 is 0. The summed E-state index contributed by atoms with van der Waals surface area (Å²) in [5.74, 6) is -0.603. The zero-order valence-electron chi connectivity index (χ0n) is 17.0. The van der Waals surface area contributed by atoms with Gasteiger partial charge in [0.15, 0.2) is 0 Å². The summed E-state index contributed by atoms with van der Waals surface area (Å²) in [5.41, 5.74) is -0.0844. The molecule has 1 aromatic rings. The summed E-state index contributed by atoms with van der Waals surface area (Å²) in [6.45, 7) is 3.46. The maximum absolute atomic E-state index is 12.7. The van der Waals surface area contributed by atoms with Crippen LogP contribution < -0.4 is 20.7 Å². The number of carbonyl (C=O) groups excluding carboxylic acids is 4. The Kier molecular flexibility index (Phi) is 7.58. The largest absolute Gasteiger partial charge is 0.497 e. The quantitative estimate of drug-likeness (QED) is 0.493. The van der Waals surface area contributed by atoms with Gasteiger partial charge in [-0.15, -0.1) is 0 Å². The molecule has 0 spiro atoms. The lowest BCUT2D eigenvalue weighted by Gasteiger charge is -2.21. The minimum atomic E-state index is -1.09. The molecule has 5 amide bonds. The van der Waals surface area contributed by atoms with Crippen molar-refractivity contribution >= 4 is 23.8 Å². The average Bonchev–Trinajstić information content (AvgIpc) is 2.93. The Morgan fingerprint density at radius 1 is 1.14 bits per heavy atom. The molecule has 0 saturated carbocycles. The molecule has 1 aliphatic rings. The van der Waals surface area contributed by atoms with E-state index in [9.17, 15) is 19.2 Å². The molecule has 158 valence electrons. The van der Waals surface area contributed by atoms with Crippen LogP contribution in [-0.4, -0.2) is 60.9 Å². The van der Waals surface area contributed by atoms with Gasteiger partial charge in [0.05, 0.1) is 13.7 Å². The van der Waals surface area contributed by atoms with E-state index in [1.165, 1.54) is 0 Å². The molecular formula is C20H28N4O5. The van der Waals surface area contributed by atoms with Gasteiger partial charge >= 0.3 is 6.03 Å². The van der Waals surface area contributed by atoms with Crippen LogP contribution in [0.2, 0.25) is 0 Å². The molecule has 1 saturated heterocycles. The fraction of sp³-hybridized carbons (Fsp3) is 0.500. The Balaban J connectivity index is 1.88. The predicted octanol–water partition coefficient (Wildman–Crippen LogP) is 0.581. The van der Waals surface area contributed by atoms with Crippen LogP contribution in [0.25, 0.3) is 0 Å². The van der Waals surface area contributed by atoms with Crippen molar-refractivity contribution in [2.24, 2.45) is 0 Å². The molecule has 0 aromatic heterocycles. The third kappa shape index (κ3) is 5.94. The second kappa shape index (κ2) is 9.90. The second-order valence-electron chi connectivity index (χ2n) is 7.13. The highest BCUT2D eigenvalue weighted by atomic mass is 16.5. The molecule has 1 aromatic carbocycles. The summed E-state index contributed by atoms with van der Waals surface area (Å²) in [5, 5.41) is 7.72.